The summed E-state index contributed by atoms with van der Waals surface area (Å²) >= 11 is 3.25. The van der Waals surface area contributed by atoms with E-state index in [1.165, 1.54) is 14.1 Å². The molecule has 13 nitrogen and oxygen atoms in total. The number of hydrogen-bond acceptors (Lipinski definition) is 11. The molecule has 0 aromatic heterocycles. The molecule has 0 unspecified atom stereocenters. The van der Waals surface area contributed by atoms with Crippen LogP contribution in [0.3, 0.4) is 0 Å². The summed E-state index contributed by atoms with van der Waals surface area (Å²) in [5.74, 6) is 23.6. The van der Waals surface area contributed by atoms with Gasteiger partial charge in [0.2, 0.25) is 11.8 Å². The maximum Gasteiger partial charge on any atom is 0.351 e. The molecule has 428 valence electrons. The van der Waals surface area contributed by atoms with E-state index in [-0.39, 0.29) is 23.6 Å². The summed E-state index contributed by atoms with van der Waals surface area (Å²) in [6, 6.07) is 42.8. The zero-order valence-electron chi connectivity index (χ0n) is 47.7. The van der Waals surface area contributed by atoms with E-state index < -0.39 is 25.2 Å². The summed E-state index contributed by atoms with van der Waals surface area (Å²) in [6.07, 6.45) is 7.23. The molecular formula is C70H62N4O9S2. The van der Waals surface area contributed by atoms with E-state index in [1.54, 1.807) is 45.5 Å². The summed E-state index contributed by atoms with van der Waals surface area (Å²) in [5, 5.41) is 4.99. The molecule has 85 heavy (non-hydrogen) atoms. The van der Waals surface area contributed by atoms with E-state index in [4.69, 9.17) is 14.2 Å². The SMILES string of the molecule is CNC(=O)C#Cc1ccc(C(=CCSc2ccc(OCC(=O)OC(=O)COc3ccc(SCC=C(c4ccc(C#CCN5CCCC5=O)cc4)c4ccc(C#CCN5CCCC5=O)cc4)cc3C)c(C)c2)c2ccc(C#CC(=O)NC)cc2)cc1. The summed E-state index contributed by atoms with van der Waals surface area (Å²) in [4.78, 5) is 78.5. The molecule has 2 saturated heterocycles. The van der Waals surface area contributed by atoms with Gasteiger partial charge >= 0.3 is 11.9 Å². The Morgan fingerprint density at radius 1 is 0.506 bits per heavy atom. The van der Waals surface area contributed by atoms with Gasteiger partial charge in [-0.05, 0) is 156 Å². The molecule has 0 atom stereocenters. The molecule has 0 bridgehead atoms. The minimum Gasteiger partial charge on any atom is -0.482 e. The lowest BCUT2D eigenvalue weighted by Crippen LogP contribution is -2.24. The zero-order chi connectivity index (χ0) is 59.9. The number of rotatable bonds is 18. The molecule has 2 aliphatic heterocycles. The quantitative estimate of drug-likeness (QED) is 0.0365. The molecule has 15 heteroatoms. The lowest BCUT2D eigenvalue weighted by molar-refractivity contribution is -0.162. The smallest absolute Gasteiger partial charge is 0.351 e. The molecular weight excluding hydrogens is 1100 g/mol. The second-order valence-corrected chi connectivity index (χ2v) is 21.7. The Kier molecular flexibility index (Phi) is 22.5. The first-order valence-electron chi connectivity index (χ1n) is 27.6. The van der Waals surface area contributed by atoms with Crippen LogP contribution in [0.2, 0.25) is 0 Å². The lowest BCUT2D eigenvalue weighted by Gasteiger charge is -2.12. The van der Waals surface area contributed by atoms with Crippen molar-refractivity contribution >= 4 is 70.2 Å². The Labute approximate surface area is 505 Å². The van der Waals surface area contributed by atoms with E-state index in [0.29, 0.717) is 60.1 Å². The third kappa shape index (κ3) is 18.7. The topological polar surface area (TPSA) is 161 Å². The van der Waals surface area contributed by atoms with Crippen LogP contribution >= 0.6 is 23.5 Å². The number of esters is 2. The summed E-state index contributed by atoms with van der Waals surface area (Å²) in [5.41, 5.74) is 10.6. The van der Waals surface area contributed by atoms with Gasteiger partial charge in [0.1, 0.15) is 11.5 Å². The predicted molar refractivity (Wildman–Crippen MR) is 333 cm³/mol. The maximum absolute atomic E-state index is 12.8. The van der Waals surface area contributed by atoms with Crippen molar-refractivity contribution in [3.8, 4) is 58.9 Å². The standard InChI is InChI=1S/C70H62N4O9S2/c1-49-45-59(84-43-37-61(55-23-13-51(14-24-55)9-5-39-73-41-7-11-67(73)77)56-25-15-52(16-26-56)10-6-40-74-42-8-12-68(74)78)31-33-63(49)81-47-69(79)83-70(80)48-82-64-34-32-60(46-50(64)2)85-44-38-62(57-27-17-53(18-28-57)21-35-65(75)71-3)58-29-19-54(20-30-58)22-36-66(76)72-4/h13-20,23-34,37-38,45-46H,7-8,11-12,39-44,47-48H2,1-4H3,(H,71,75)(H,72,76). The van der Waals surface area contributed by atoms with E-state index in [2.05, 4.69) is 94.4 Å². The predicted octanol–water partition coefficient (Wildman–Crippen LogP) is 9.42. The van der Waals surface area contributed by atoms with Gasteiger partial charge in [0.15, 0.2) is 13.2 Å². The number of aryl methyl sites for hydroxylation is 2. The number of carbonyl (C=O) groups excluding carboxylic acids is 6. The molecule has 2 aliphatic rings. The highest BCUT2D eigenvalue weighted by Crippen LogP contribution is 2.32. The Balaban J connectivity index is 0.827. The average molecular weight is 1170 g/mol. The summed E-state index contributed by atoms with van der Waals surface area (Å²) < 4.78 is 16.6. The number of amides is 4. The van der Waals surface area contributed by atoms with Crippen molar-refractivity contribution < 1.29 is 43.0 Å². The van der Waals surface area contributed by atoms with E-state index in [1.807, 2.05) is 111 Å². The highest BCUT2D eigenvalue weighted by atomic mass is 32.2. The third-order valence-electron chi connectivity index (χ3n) is 13.5. The molecule has 0 aliphatic carbocycles. The molecule has 2 fully saturated rings. The number of nitrogens with zero attached hydrogens (tertiary/aromatic N) is 2. The second-order valence-electron chi connectivity index (χ2n) is 19.5. The van der Waals surface area contributed by atoms with Crippen molar-refractivity contribution in [2.75, 3.05) is 65.0 Å². The van der Waals surface area contributed by atoms with E-state index >= 15 is 0 Å². The van der Waals surface area contributed by atoms with Crippen LogP contribution in [0.25, 0.3) is 11.1 Å². The number of carbonyl (C=O) groups is 6. The highest BCUT2D eigenvalue weighted by molar-refractivity contribution is 7.99. The van der Waals surface area contributed by atoms with Crippen LogP contribution in [0.5, 0.6) is 11.5 Å². The van der Waals surface area contributed by atoms with Crippen molar-refractivity contribution in [2.24, 2.45) is 0 Å². The fourth-order valence-electron chi connectivity index (χ4n) is 8.99. The van der Waals surface area contributed by atoms with Crippen molar-refractivity contribution in [3.63, 3.8) is 0 Å². The first-order valence-corrected chi connectivity index (χ1v) is 29.6. The number of thioether (sulfide) groups is 2. The molecule has 0 saturated carbocycles. The lowest BCUT2D eigenvalue weighted by atomic mass is 9.96. The maximum atomic E-state index is 12.8. The number of benzene rings is 6. The van der Waals surface area contributed by atoms with Crippen LogP contribution in [0, 0.1) is 61.2 Å². The number of nitrogens with one attached hydrogen (secondary N) is 2. The van der Waals surface area contributed by atoms with Crippen molar-refractivity contribution in [3.05, 3.63) is 201 Å². The van der Waals surface area contributed by atoms with Crippen molar-refractivity contribution in [1.82, 2.24) is 20.4 Å². The van der Waals surface area contributed by atoms with Crippen LogP contribution < -0.4 is 20.1 Å². The first-order chi connectivity index (χ1) is 41.3. The Bertz CT molecular complexity index is 3620. The van der Waals surface area contributed by atoms with Gasteiger partial charge in [-0.1, -0.05) is 96.2 Å². The normalized spacial score (nSPS) is 12.1. The fraction of sp³-hybridized carbons (Fsp3) is 0.229. The highest BCUT2D eigenvalue weighted by Gasteiger charge is 2.20. The molecule has 6 aromatic carbocycles. The molecule has 0 spiro atoms. The Hall–Kier alpha value is -9.64. The molecule has 2 N–H and O–H groups in total. The molecule has 6 aromatic rings. The summed E-state index contributed by atoms with van der Waals surface area (Å²) in [6.45, 7) is 5.15. The number of ether oxygens (including phenoxy) is 3. The van der Waals surface area contributed by atoms with Crippen LogP contribution in [-0.2, 0) is 33.5 Å². The third-order valence-corrected chi connectivity index (χ3v) is 15.4. The zero-order valence-corrected chi connectivity index (χ0v) is 49.4. The van der Waals surface area contributed by atoms with Gasteiger partial charge in [0.25, 0.3) is 11.8 Å². The van der Waals surface area contributed by atoms with Crippen LogP contribution in [0.1, 0.15) is 81.3 Å². The van der Waals surface area contributed by atoms with Gasteiger partial charge in [0.05, 0.1) is 13.1 Å². The molecule has 2 heterocycles. The van der Waals surface area contributed by atoms with E-state index in [0.717, 1.165) is 91.4 Å². The summed E-state index contributed by atoms with van der Waals surface area (Å²) in [7, 11) is 3.06. The number of hydrogen-bond donors (Lipinski definition) is 2. The first kappa shape index (κ1) is 61.4. The van der Waals surface area contributed by atoms with Gasteiger partial charge in [-0.2, -0.15) is 0 Å². The van der Waals surface area contributed by atoms with Gasteiger partial charge in [0, 0.05) is 95.4 Å². The van der Waals surface area contributed by atoms with Crippen LogP contribution in [0.4, 0.5) is 0 Å². The second kappa shape index (κ2) is 31.1. The van der Waals surface area contributed by atoms with Gasteiger partial charge < -0.3 is 34.6 Å². The minimum absolute atomic E-state index is 0.152. The van der Waals surface area contributed by atoms with Crippen molar-refractivity contribution in [1.29, 1.82) is 0 Å². The van der Waals surface area contributed by atoms with Gasteiger partial charge in [-0.25, -0.2) is 9.59 Å². The Morgan fingerprint density at radius 2 is 0.859 bits per heavy atom. The molecule has 8 rings (SSSR count). The minimum atomic E-state index is -0.856. The largest absolute Gasteiger partial charge is 0.482 e. The fourth-order valence-corrected chi connectivity index (χ4v) is 10.7. The van der Waals surface area contributed by atoms with Crippen LogP contribution in [0.15, 0.2) is 155 Å². The monoisotopic (exact) mass is 1170 g/mol. The average Bonchev–Trinajstić information content (AvgIpc) is 4.25. The number of likely N-dealkylation sites (tertiary alicyclic amines) is 2. The van der Waals surface area contributed by atoms with Crippen LogP contribution in [-0.4, -0.2) is 110 Å². The van der Waals surface area contributed by atoms with Gasteiger partial charge in [-0.3, -0.25) is 19.2 Å². The Morgan fingerprint density at radius 3 is 1.18 bits per heavy atom. The molecule has 0 radical (unpaired) electrons. The van der Waals surface area contributed by atoms with Crippen molar-refractivity contribution in [2.45, 2.75) is 49.3 Å². The van der Waals surface area contributed by atoms with Gasteiger partial charge in [-0.15, -0.1) is 23.5 Å². The van der Waals surface area contributed by atoms with E-state index in [9.17, 15) is 28.8 Å². The molecule has 4 amide bonds.